The smallest absolute Gasteiger partial charge is 0.243 e. The average Bonchev–Trinajstić information content (AvgIpc) is 2.59. The number of hydrogen-bond acceptors (Lipinski definition) is 4. The summed E-state index contributed by atoms with van der Waals surface area (Å²) >= 11 is 0. The zero-order chi connectivity index (χ0) is 18.2. The number of carbonyl (C=O) groups is 1. The van der Waals surface area contributed by atoms with Gasteiger partial charge < -0.3 is 20.1 Å². The van der Waals surface area contributed by atoms with Crippen LogP contribution in [0.15, 0.2) is 36.4 Å². The molecule has 0 radical (unpaired) electrons. The molecule has 134 valence electrons. The van der Waals surface area contributed by atoms with Crippen LogP contribution in [-0.4, -0.2) is 25.7 Å². The number of rotatable bonds is 8. The van der Waals surface area contributed by atoms with E-state index < -0.39 is 0 Å². The molecule has 0 saturated heterocycles. The fourth-order valence-electron chi connectivity index (χ4n) is 2.22. The van der Waals surface area contributed by atoms with Gasteiger partial charge in [0.1, 0.15) is 17.3 Å². The number of amides is 1. The van der Waals surface area contributed by atoms with Crippen molar-refractivity contribution in [2.45, 2.75) is 20.8 Å². The number of nitrogens with one attached hydrogen (secondary N) is 2. The van der Waals surface area contributed by atoms with Crippen molar-refractivity contribution >= 4 is 17.3 Å². The van der Waals surface area contributed by atoms with E-state index in [1.165, 1.54) is 6.07 Å². The second-order valence-corrected chi connectivity index (χ2v) is 5.39. The van der Waals surface area contributed by atoms with Crippen LogP contribution in [0, 0.1) is 12.7 Å². The minimum atomic E-state index is -0.312. The summed E-state index contributed by atoms with van der Waals surface area (Å²) < 4.78 is 24.5. The molecule has 6 heteroatoms. The first kappa shape index (κ1) is 18.6. The van der Waals surface area contributed by atoms with E-state index in [1.54, 1.807) is 37.3 Å². The molecule has 0 aromatic heterocycles. The Morgan fingerprint density at radius 2 is 1.84 bits per heavy atom. The minimum Gasteiger partial charge on any atom is -0.494 e. The van der Waals surface area contributed by atoms with Crippen LogP contribution in [0.25, 0.3) is 0 Å². The van der Waals surface area contributed by atoms with Gasteiger partial charge in [0.2, 0.25) is 5.91 Å². The summed E-state index contributed by atoms with van der Waals surface area (Å²) in [6.07, 6.45) is 0. The molecular formula is C19H23FN2O3. The standard InChI is InChI=1S/C19H23FN2O3/c1-4-24-15-8-9-18(25-5-2)17(11-15)22-19(23)12-21-14-7-6-13(3)16(20)10-14/h6-11,21H,4-5,12H2,1-3H3,(H,22,23). The predicted octanol–water partition coefficient (Wildman–Crippen LogP) is 3.98. The fraction of sp³-hybridized carbons (Fsp3) is 0.316. The zero-order valence-corrected chi connectivity index (χ0v) is 14.7. The largest absolute Gasteiger partial charge is 0.494 e. The molecule has 0 atom stereocenters. The topological polar surface area (TPSA) is 59.6 Å². The van der Waals surface area contributed by atoms with Crippen LogP contribution in [0.2, 0.25) is 0 Å². The van der Waals surface area contributed by atoms with Crippen LogP contribution < -0.4 is 20.1 Å². The summed E-state index contributed by atoms with van der Waals surface area (Å²) in [5.41, 5.74) is 1.64. The maximum atomic E-state index is 13.5. The van der Waals surface area contributed by atoms with Crippen LogP contribution >= 0.6 is 0 Å². The second kappa shape index (κ2) is 8.92. The van der Waals surface area contributed by atoms with Gasteiger partial charge in [-0.25, -0.2) is 4.39 Å². The fourth-order valence-corrected chi connectivity index (χ4v) is 2.22. The molecule has 0 heterocycles. The van der Waals surface area contributed by atoms with Gasteiger partial charge in [0.25, 0.3) is 0 Å². The second-order valence-electron chi connectivity index (χ2n) is 5.39. The van der Waals surface area contributed by atoms with E-state index >= 15 is 0 Å². The first-order chi connectivity index (χ1) is 12.0. The van der Waals surface area contributed by atoms with Gasteiger partial charge in [0.15, 0.2) is 0 Å². The molecule has 2 aromatic carbocycles. The summed E-state index contributed by atoms with van der Waals surface area (Å²) in [6, 6.07) is 10.0. The molecule has 0 fully saturated rings. The lowest BCUT2D eigenvalue weighted by molar-refractivity contribution is -0.114. The number of aryl methyl sites for hydroxylation is 1. The third-order valence-corrected chi connectivity index (χ3v) is 3.46. The molecule has 2 rings (SSSR count). The predicted molar refractivity (Wildman–Crippen MR) is 97.0 cm³/mol. The Balaban J connectivity index is 2.02. The van der Waals surface area contributed by atoms with E-state index in [0.717, 1.165) is 0 Å². The van der Waals surface area contributed by atoms with Crippen molar-refractivity contribution in [1.82, 2.24) is 0 Å². The van der Waals surface area contributed by atoms with Crippen molar-refractivity contribution in [3.63, 3.8) is 0 Å². The van der Waals surface area contributed by atoms with Crippen LogP contribution in [0.5, 0.6) is 11.5 Å². The van der Waals surface area contributed by atoms with Crippen molar-refractivity contribution < 1.29 is 18.7 Å². The van der Waals surface area contributed by atoms with E-state index in [-0.39, 0.29) is 18.3 Å². The van der Waals surface area contributed by atoms with Gasteiger partial charge in [-0.1, -0.05) is 6.07 Å². The first-order valence-corrected chi connectivity index (χ1v) is 8.23. The van der Waals surface area contributed by atoms with Crippen LogP contribution in [0.3, 0.4) is 0 Å². The lowest BCUT2D eigenvalue weighted by atomic mass is 10.2. The zero-order valence-electron chi connectivity index (χ0n) is 14.7. The number of ether oxygens (including phenoxy) is 2. The lowest BCUT2D eigenvalue weighted by Crippen LogP contribution is -2.22. The third kappa shape index (κ3) is 5.38. The monoisotopic (exact) mass is 346 g/mol. The van der Waals surface area contributed by atoms with Gasteiger partial charge in [0.05, 0.1) is 25.4 Å². The molecule has 0 bridgehead atoms. The molecule has 5 nitrogen and oxygen atoms in total. The third-order valence-electron chi connectivity index (χ3n) is 3.46. The van der Waals surface area contributed by atoms with Crippen LogP contribution in [0.1, 0.15) is 19.4 Å². The van der Waals surface area contributed by atoms with Crippen LogP contribution in [0.4, 0.5) is 15.8 Å². The molecule has 1 amide bonds. The first-order valence-electron chi connectivity index (χ1n) is 8.23. The summed E-state index contributed by atoms with van der Waals surface area (Å²) in [7, 11) is 0. The molecular weight excluding hydrogens is 323 g/mol. The number of anilines is 2. The Morgan fingerprint density at radius 3 is 2.52 bits per heavy atom. The van der Waals surface area contributed by atoms with Gasteiger partial charge in [-0.3, -0.25) is 4.79 Å². The van der Waals surface area contributed by atoms with E-state index in [9.17, 15) is 9.18 Å². The molecule has 2 aromatic rings. The summed E-state index contributed by atoms with van der Waals surface area (Å²) in [5, 5.41) is 5.69. The summed E-state index contributed by atoms with van der Waals surface area (Å²) in [4.78, 5) is 12.2. The van der Waals surface area contributed by atoms with Crippen molar-refractivity contribution in [3.8, 4) is 11.5 Å². The number of carbonyl (C=O) groups excluding carboxylic acids is 1. The Bertz CT molecular complexity index is 735. The van der Waals surface area contributed by atoms with Gasteiger partial charge in [-0.2, -0.15) is 0 Å². The SMILES string of the molecule is CCOc1ccc(OCC)c(NC(=O)CNc2ccc(C)c(F)c2)c1. The Morgan fingerprint density at radius 1 is 1.08 bits per heavy atom. The average molecular weight is 346 g/mol. The van der Waals surface area contributed by atoms with Crippen LogP contribution in [-0.2, 0) is 4.79 Å². The molecule has 0 aliphatic heterocycles. The van der Waals surface area contributed by atoms with Crippen molar-refractivity contribution in [2.75, 3.05) is 30.4 Å². The molecule has 0 spiro atoms. The molecule has 0 saturated carbocycles. The maximum Gasteiger partial charge on any atom is 0.243 e. The van der Waals surface area contributed by atoms with Crippen molar-refractivity contribution in [3.05, 3.63) is 47.8 Å². The highest BCUT2D eigenvalue weighted by molar-refractivity contribution is 5.95. The quantitative estimate of drug-likeness (QED) is 0.759. The van der Waals surface area contributed by atoms with Gasteiger partial charge in [-0.05, 0) is 50.6 Å². The van der Waals surface area contributed by atoms with Gasteiger partial charge in [-0.15, -0.1) is 0 Å². The lowest BCUT2D eigenvalue weighted by Gasteiger charge is -2.14. The van der Waals surface area contributed by atoms with E-state index in [4.69, 9.17) is 9.47 Å². The maximum absolute atomic E-state index is 13.5. The Kier molecular flexibility index (Phi) is 6.62. The molecule has 0 aliphatic rings. The van der Waals surface area contributed by atoms with E-state index in [2.05, 4.69) is 10.6 Å². The molecule has 25 heavy (non-hydrogen) atoms. The molecule has 0 unspecified atom stereocenters. The molecule has 0 aliphatic carbocycles. The summed E-state index contributed by atoms with van der Waals surface area (Å²) in [6.45, 7) is 6.47. The minimum absolute atomic E-state index is 0.00687. The van der Waals surface area contributed by atoms with Gasteiger partial charge in [0, 0.05) is 11.8 Å². The van der Waals surface area contributed by atoms with E-state index in [1.807, 2.05) is 13.8 Å². The molecule has 2 N–H and O–H groups in total. The van der Waals surface area contributed by atoms with Crippen molar-refractivity contribution in [1.29, 1.82) is 0 Å². The number of hydrogen-bond donors (Lipinski definition) is 2. The highest BCUT2D eigenvalue weighted by Gasteiger charge is 2.10. The number of benzene rings is 2. The Hall–Kier alpha value is -2.76. The number of halogens is 1. The Labute approximate surface area is 147 Å². The highest BCUT2D eigenvalue weighted by Crippen LogP contribution is 2.29. The van der Waals surface area contributed by atoms with Gasteiger partial charge >= 0.3 is 0 Å². The summed E-state index contributed by atoms with van der Waals surface area (Å²) in [5.74, 6) is 0.638. The van der Waals surface area contributed by atoms with E-state index in [0.29, 0.717) is 41.7 Å². The highest BCUT2D eigenvalue weighted by atomic mass is 19.1. The normalized spacial score (nSPS) is 10.2. The van der Waals surface area contributed by atoms with Crippen molar-refractivity contribution in [2.24, 2.45) is 0 Å².